The van der Waals surface area contributed by atoms with Gasteiger partial charge in [0, 0.05) is 25.7 Å². The van der Waals surface area contributed by atoms with E-state index in [4.69, 9.17) is 0 Å². The lowest BCUT2D eigenvalue weighted by Gasteiger charge is -2.29. The Morgan fingerprint density at radius 2 is 1.95 bits per heavy atom. The summed E-state index contributed by atoms with van der Waals surface area (Å²) in [6.07, 6.45) is 0. The third-order valence-corrected chi connectivity index (χ3v) is 2.51. The van der Waals surface area contributed by atoms with E-state index in [2.05, 4.69) is 10.3 Å². The molecular weight excluding hydrogens is 252 g/mol. The zero-order chi connectivity index (χ0) is 14.6. The number of anilines is 2. The average molecular weight is 273 g/mol. The molecule has 0 saturated carbocycles. The molecule has 0 aliphatic heterocycles. The first-order chi connectivity index (χ1) is 8.78. The van der Waals surface area contributed by atoms with Crippen LogP contribution in [-0.2, 0) is 0 Å². The molecule has 1 rings (SSSR count). The van der Waals surface area contributed by atoms with Gasteiger partial charge < -0.3 is 15.3 Å². The third-order valence-electron chi connectivity index (χ3n) is 2.51. The quantitative estimate of drug-likeness (QED) is 0.835. The first-order valence-corrected chi connectivity index (χ1v) is 6.35. The average Bonchev–Trinajstić information content (AvgIpc) is 2.29. The minimum Gasteiger partial charge on any atom is -0.389 e. The Morgan fingerprint density at radius 3 is 2.42 bits per heavy atom. The van der Waals surface area contributed by atoms with Gasteiger partial charge in [0.15, 0.2) is 23.3 Å². The number of nitrogens with one attached hydrogen (secondary N) is 1. The van der Waals surface area contributed by atoms with Crippen LogP contribution in [0.4, 0.5) is 20.4 Å². The van der Waals surface area contributed by atoms with Crippen molar-refractivity contribution in [2.75, 3.05) is 29.9 Å². The van der Waals surface area contributed by atoms with Crippen LogP contribution in [0, 0.1) is 11.6 Å². The Bertz CT molecular complexity index is 433. The van der Waals surface area contributed by atoms with Gasteiger partial charge in [-0.1, -0.05) is 0 Å². The number of rotatable bonds is 6. The summed E-state index contributed by atoms with van der Waals surface area (Å²) in [7, 11) is 0. The molecular formula is C13H21F2N3O. The van der Waals surface area contributed by atoms with Crippen LogP contribution in [0.1, 0.15) is 27.7 Å². The summed E-state index contributed by atoms with van der Waals surface area (Å²) >= 11 is 0. The zero-order valence-corrected chi connectivity index (χ0v) is 11.8. The molecule has 0 aliphatic carbocycles. The molecule has 1 aromatic heterocycles. The Labute approximate surface area is 112 Å². The molecule has 6 heteroatoms. The summed E-state index contributed by atoms with van der Waals surface area (Å²) in [6.45, 7) is 8.05. The van der Waals surface area contributed by atoms with E-state index < -0.39 is 17.2 Å². The van der Waals surface area contributed by atoms with Gasteiger partial charge in [-0.3, -0.25) is 0 Å². The number of halogens is 2. The second-order valence-electron chi connectivity index (χ2n) is 4.98. The number of hydrogen-bond donors (Lipinski definition) is 2. The summed E-state index contributed by atoms with van der Waals surface area (Å²) in [5.41, 5.74) is -0.989. The van der Waals surface area contributed by atoms with Gasteiger partial charge >= 0.3 is 0 Å². The van der Waals surface area contributed by atoms with Crippen LogP contribution in [0.25, 0.3) is 0 Å². The largest absolute Gasteiger partial charge is 0.389 e. The van der Waals surface area contributed by atoms with Gasteiger partial charge in [0.2, 0.25) is 0 Å². The van der Waals surface area contributed by atoms with Crippen molar-refractivity contribution >= 4 is 11.6 Å². The summed E-state index contributed by atoms with van der Waals surface area (Å²) in [5, 5.41) is 12.6. The maximum absolute atomic E-state index is 13.8. The Balaban J connectivity index is 3.12. The smallest absolute Gasteiger partial charge is 0.168 e. The van der Waals surface area contributed by atoms with Crippen molar-refractivity contribution in [1.29, 1.82) is 0 Å². The Kier molecular flexibility index (Phi) is 5.05. The normalized spacial score (nSPS) is 11.5. The van der Waals surface area contributed by atoms with Crippen LogP contribution in [0.15, 0.2) is 6.07 Å². The van der Waals surface area contributed by atoms with Crippen LogP contribution >= 0.6 is 0 Å². The van der Waals surface area contributed by atoms with Crippen molar-refractivity contribution in [2.45, 2.75) is 33.3 Å². The molecule has 0 bridgehead atoms. The molecule has 0 spiro atoms. The molecule has 0 aliphatic rings. The molecule has 2 N–H and O–H groups in total. The van der Waals surface area contributed by atoms with E-state index in [0.29, 0.717) is 13.1 Å². The highest BCUT2D eigenvalue weighted by Gasteiger charge is 2.22. The molecule has 0 atom stereocenters. The molecule has 0 fully saturated rings. The van der Waals surface area contributed by atoms with E-state index in [1.54, 1.807) is 25.7 Å². The fraction of sp³-hybridized carbons (Fsp3) is 0.615. The summed E-state index contributed by atoms with van der Waals surface area (Å²) in [6, 6.07) is 0.813. The fourth-order valence-electron chi connectivity index (χ4n) is 1.77. The highest BCUT2D eigenvalue weighted by atomic mass is 19.1. The maximum Gasteiger partial charge on any atom is 0.168 e. The minimum atomic E-state index is -0.989. The van der Waals surface area contributed by atoms with Crippen molar-refractivity contribution in [3.8, 4) is 0 Å². The SMILES string of the molecule is CCNc1nc(N(CC)CC(C)(C)O)c(F)cc1F. The van der Waals surface area contributed by atoms with Gasteiger partial charge in [0.25, 0.3) is 0 Å². The van der Waals surface area contributed by atoms with E-state index in [0.717, 1.165) is 6.07 Å². The highest BCUT2D eigenvalue weighted by molar-refractivity contribution is 5.49. The molecule has 19 heavy (non-hydrogen) atoms. The Morgan fingerprint density at radius 1 is 1.32 bits per heavy atom. The summed E-state index contributed by atoms with van der Waals surface area (Å²) in [5.74, 6) is -1.39. The molecule has 0 radical (unpaired) electrons. The lowest BCUT2D eigenvalue weighted by Crippen LogP contribution is -2.39. The first kappa shape index (κ1) is 15.6. The summed E-state index contributed by atoms with van der Waals surface area (Å²) < 4.78 is 27.3. The number of pyridine rings is 1. The van der Waals surface area contributed by atoms with Gasteiger partial charge in [-0.05, 0) is 27.7 Å². The van der Waals surface area contributed by atoms with Crippen LogP contribution in [-0.4, -0.2) is 35.3 Å². The third kappa shape index (κ3) is 4.31. The van der Waals surface area contributed by atoms with Crippen LogP contribution < -0.4 is 10.2 Å². The van der Waals surface area contributed by atoms with Crippen molar-refractivity contribution in [1.82, 2.24) is 4.98 Å². The van der Waals surface area contributed by atoms with Crippen molar-refractivity contribution in [2.24, 2.45) is 0 Å². The van der Waals surface area contributed by atoms with E-state index in [1.165, 1.54) is 0 Å². The second kappa shape index (κ2) is 6.14. The number of aliphatic hydroxyl groups is 1. The molecule has 0 aromatic carbocycles. The molecule has 0 saturated heterocycles. The van der Waals surface area contributed by atoms with Gasteiger partial charge in [0.05, 0.1) is 5.60 Å². The topological polar surface area (TPSA) is 48.4 Å². The van der Waals surface area contributed by atoms with Crippen molar-refractivity contribution in [3.05, 3.63) is 17.7 Å². The monoisotopic (exact) mass is 273 g/mol. The van der Waals surface area contributed by atoms with E-state index >= 15 is 0 Å². The minimum absolute atomic E-state index is 0.0214. The van der Waals surface area contributed by atoms with Gasteiger partial charge in [0.1, 0.15) is 0 Å². The number of nitrogens with zero attached hydrogens (tertiary/aromatic N) is 2. The predicted molar refractivity (Wildman–Crippen MR) is 72.5 cm³/mol. The van der Waals surface area contributed by atoms with Crippen LogP contribution in [0.5, 0.6) is 0 Å². The van der Waals surface area contributed by atoms with Gasteiger partial charge in [-0.2, -0.15) is 0 Å². The van der Waals surface area contributed by atoms with E-state index in [1.807, 2.05) is 6.92 Å². The van der Waals surface area contributed by atoms with Gasteiger partial charge in [-0.25, -0.2) is 13.8 Å². The number of aromatic nitrogens is 1. The van der Waals surface area contributed by atoms with Crippen LogP contribution in [0.2, 0.25) is 0 Å². The summed E-state index contributed by atoms with van der Waals surface area (Å²) in [4.78, 5) is 5.55. The lowest BCUT2D eigenvalue weighted by molar-refractivity contribution is 0.0872. The molecule has 4 nitrogen and oxygen atoms in total. The second-order valence-corrected chi connectivity index (χ2v) is 4.98. The lowest BCUT2D eigenvalue weighted by atomic mass is 10.1. The van der Waals surface area contributed by atoms with Crippen LogP contribution in [0.3, 0.4) is 0 Å². The fourth-order valence-corrected chi connectivity index (χ4v) is 1.77. The number of hydrogen-bond acceptors (Lipinski definition) is 4. The Hall–Kier alpha value is -1.43. The molecule has 1 aromatic rings. The van der Waals surface area contributed by atoms with Gasteiger partial charge in [-0.15, -0.1) is 0 Å². The van der Waals surface area contributed by atoms with Crippen molar-refractivity contribution < 1.29 is 13.9 Å². The standard InChI is InChI=1S/C13H21F2N3O/c1-5-16-11-9(14)7-10(15)12(17-11)18(6-2)8-13(3,4)19/h7,19H,5-6,8H2,1-4H3,(H,16,17). The van der Waals surface area contributed by atoms with E-state index in [9.17, 15) is 13.9 Å². The molecule has 0 unspecified atom stereocenters. The predicted octanol–water partition coefficient (Wildman–Crippen LogP) is 2.39. The first-order valence-electron chi connectivity index (χ1n) is 6.35. The number of likely N-dealkylation sites (N-methyl/N-ethyl adjacent to an activating group) is 1. The molecule has 1 heterocycles. The maximum atomic E-state index is 13.8. The van der Waals surface area contributed by atoms with Crippen molar-refractivity contribution in [3.63, 3.8) is 0 Å². The zero-order valence-electron chi connectivity index (χ0n) is 11.8. The highest BCUT2D eigenvalue weighted by Crippen LogP contribution is 2.23. The van der Waals surface area contributed by atoms with E-state index in [-0.39, 0.29) is 18.2 Å². The molecule has 108 valence electrons. The molecule has 0 amide bonds.